The highest BCUT2D eigenvalue weighted by Gasteiger charge is 2.34. The molecule has 1 N–H and O–H groups in total. The predicted octanol–water partition coefficient (Wildman–Crippen LogP) is 3.73. The average molecular weight is 348 g/mol. The third-order valence-corrected chi connectivity index (χ3v) is 3.53. The Labute approximate surface area is 137 Å². The molecule has 1 heterocycles. The van der Waals surface area contributed by atoms with E-state index in [4.69, 9.17) is 4.74 Å². The summed E-state index contributed by atoms with van der Waals surface area (Å²) in [5, 5.41) is 2.95. The van der Waals surface area contributed by atoms with Gasteiger partial charge in [0.2, 0.25) is 0 Å². The van der Waals surface area contributed by atoms with Crippen molar-refractivity contribution in [3.8, 4) is 0 Å². The summed E-state index contributed by atoms with van der Waals surface area (Å²) < 4.78 is 57.7. The molecule has 1 aliphatic heterocycles. The monoisotopic (exact) mass is 348 g/mol. The van der Waals surface area contributed by atoms with Gasteiger partial charge in [-0.15, -0.1) is 0 Å². The zero-order valence-electron chi connectivity index (χ0n) is 13.7. The summed E-state index contributed by atoms with van der Waals surface area (Å²) in [6, 6.07) is 1.55. The lowest BCUT2D eigenvalue weighted by atomic mass is 10.0. The Morgan fingerprint density at radius 3 is 2.54 bits per heavy atom. The highest BCUT2D eigenvalue weighted by molar-refractivity contribution is 5.68. The van der Waals surface area contributed by atoms with E-state index in [-0.39, 0.29) is 12.1 Å². The molecular formula is C16H20F4N2O2. The number of carbonyl (C=O) groups is 1. The molecule has 1 amide bonds. The highest BCUT2D eigenvalue weighted by Crippen LogP contribution is 2.32. The maximum atomic E-state index is 14.0. The lowest BCUT2D eigenvalue weighted by molar-refractivity contribution is -0.137. The molecule has 1 unspecified atom stereocenters. The molecule has 1 aromatic carbocycles. The van der Waals surface area contributed by atoms with E-state index >= 15 is 0 Å². The van der Waals surface area contributed by atoms with Crippen LogP contribution >= 0.6 is 0 Å². The van der Waals surface area contributed by atoms with Gasteiger partial charge in [-0.1, -0.05) is 0 Å². The van der Waals surface area contributed by atoms with Crippen LogP contribution in [-0.2, 0) is 10.9 Å². The van der Waals surface area contributed by atoms with Gasteiger partial charge in [0, 0.05) is 25.2 Å². The number of halogens is 4. The van der Waals surface area contributed by atoms with Crippen LogP contribution in [0.3, 0.4) is 0 Å². The zero-order chi connectivity index (χ0) is 18.1. The summed E-state index contributed by atoms with van der Waals surface area (Å²) in [6.07, 6.45) is -5.12. The molecule has 1 atom stereocenters. The minimum atomic E-state index is -4.55. The van der Waals surface area contributed by atoms with E-state index < -0.39 is 35.3 Å². The van der Waals surface area contributed by atoms with E-state index in [9.17, 15) is 22.4 Å². The smallest absolute Gasteiger partial charge is 0.416 e. The van der Waals surface area contributed by atoms with E-state index in [0.717, 1.165) is 12.1 Å². The molecule has 0 aromatic heterocycles. The lowest BCUT2D eigenvalue weighted by Gasteiger charge is -2.35. The number of nitrogens with one attached hydrogen (secondary N) is 1. The van der Waals surface area contributed by atoms with Gasteiger partial charge in [-0.2, -0.15) is 13.2 Å². The summed E-state index contributed by atoms with van der Waals surface area (Å²) in [7, 11) is 0. The third kappa shape index (κ3) is 4.59. The van der Waals surface area contributed by atoms with Crippen LogP contribution in [0, 0.1) is 5.82 Å². The second-order valence-corrected chi connectivity index (χ2v) is 6.67. The number of benzene rings is 1. The molecular weight excluding hydrogens is 328 g/mol. The van der Waals surface area contributed by atoms with E-state index in [2.05, 4.69) is 5.32 Å². The summed E-state index contributed by atoms with van der Waals surface area (Å²) in [5.41, 5.74) is -1.72. The zero-order valence-corrected chi connectivity index (χ0v) is 13.7. The fraction of sp³-hybridized carbons (Fsp3) is 0.562. The van der Waals surface area contributed by atoms with E-state index in [1.54, 1.807) is 20.8 Å². The first-order valence-corrected chi connectivity index (χ1v) is 7.55. The van der Waals surface area contributed by atoms with Crippen LogP contribution in [0.4, 0.5) is 22.4 Å². The second kappa shape index (κ2) is 6.58. The summed E-state index contributed by atoms with van der Waals surface area (Å²) in [6.45, 7) is 5.86. The Kier molecular flexibility index (Phi) is 5.08. The highest BCUT2D eigenvalue weighted by atomic mass is 19.4. The Bertz CT molecular complexity index is 611. The standard InChI is InChI=1S/C16H20F4N2O2/c1-15(2,3)24-14(23)22-7-6-21-13(9-22)11-8-10(16(18,19)20)4-5-12(11)17/h4-5,8,13,21H,6-7,9H2,1-3H3. The summed E-state index contributed by atoms with van der Waals surface area (Å²) in [5.74, 6) is -0.744. The molecule has 4 nitrogen and oxygen atoms in total. The van der Waals surface area contributed by atoms with Gasteiger partial charge < -0.3 is 15.0 Å². The molecule has 1 aliphatic rings. The maximum absolute atomic E-state index is 14.0. The number of piperazine rings is 1. The quantitative estimate of drug-likeness (QED) is 0.787. The fourth-order valence-electron chi connectivity index (χ4n) is 2.44. The largest absolute Gasteiger partial charge is 0.444 e. The van der Waals surface area contributed by atoms with Crippen LogP contribution < -0.4 is 5.32 Å². The molecule has 134 valence electrons. The van der Waals surface area contributed by atoms with Gasteiger partial charge in [-0.3, -0.25) is 0 Å². The first-order chi connectivity index (χ1) is 11.0. The minimum absolute atomic E-state index is 0.0349. The summed E-state index contributed by atoms with van der Waals surface area (Å²) >= 11 is 0. The first kappa shape index (κ1) is 18.5. The van der Waals surface area contributed by atoms with E-state index in [0.29, 0.717) is 19.2 Å². The van der Waals surface area contributed by atoms with Gasteiger partial charge in [-0.05, 0) is 39.0 Å². The van der Waals surface area contributed by atoms with Crippen LogP contribution in [0.2, 0.25) is 0 Å². The van der Waals surface area contributed by atoms with Crippen LogP contribution in [-0.4, -0.2) is 36.2 Å². The van der Waals surface area contributed by atoms with Gasteiger partial charge in [0.1, 0.15) is 11.4 Å². The number of alkyl halides is 3. The number of amides is 1. The molecule has 8 heteroatoms. The van der Waals surface area contributed by atoms with Crippen molar-refractivity contribution >= 4 is 6.09 Å². The lowest BCUT2D eigenvalue weighted by Crippen LogP contribution is -2.49. The van der Waals surface area contributed by atoms with Gasteiger partial charge in [0.15, 0.2) is 0 Å². The SMILES string of the molecule is CC(C)(C)OC(=O)N1CCNC(c2cc(C(F)(F)F)ccc2F)C1. The molecule has 1 aromatic rings. The number of rotatable bonds is 1. The average Bonchev–Trinajstić information content (AvgIpc) is 2.45. The number of ether oxygens (including phenoxy) is 1. The predicted molar refractivity (Wildman–Crippen MR) is 80.0 cm³/mol. The minimum Gasteiger partial charge on any atom is -0.444 e. The van der Waals surface area contributed by atoms with Crippen molar-refractivity contribution in [2.75, 3.05) is 19.6 Å². The van der Waals surface area contributed by atoms with Crippen molar-refractivity contribution in [1.29, 1.82) is 0 Å². The topological polar surface area (TPSA) is 41.6 Å². The Morgan fingerprint density at radius 2 is 1.96 bits per heavy atom. The van der Waals surface area contributed by atoms with Crippen LogP contribution in [0.25, 0.3) is 0 Å². The molecule has 0 spiro atoms. The number of hydrogen-bond acceptors (Lipinski definition) is 3. The summed E-state index contributed by atoms with van der Waals surface area (Å²) in [4.78, 5) is 13.5. The van der Waals surface area contributed by atoms with Gasteiger partial charge >= 0.3 is 12.3 Å². The first-order valence-electron chi connectivity index (χ1n) is 7.55. The molecule has 24 heavy (non-hydrogen) atoms. The van der Waals surface area contributed by atoms with E-state index in [1.165, 1.54) is 4.90 Å². The molecule has 2 rings (SSSR count). The van der Waals surface area contributed by atoms with Gasteiger partial charge in [0.05, 0.1) is 11.6 Å². The van der Waals surface area contributed by atoms with E-state index in [1.807, 2.05) is 0 Å². The molecule has 0 saturated carbocycles. The van der Waals surface area contributed by atoms with Crippen LogP contribution in [0.15, 0.2) is 18.2 Å². The van der Waals surface area contributed by atoms with Crippen molar-refractivity contribution in [2.24, 2.45) is 0 Å². The molecule has 0 radical (unpaired) electrons. The Morgan fingerprint density at radius 1 is 1.29 bits per heavy atom. The van der Waals surface area contributed by atoms with Gasteiger partial charge in [0.25, 0.3) is 0 Å². The van der Waals surface area contributed by atoms with Crippen molar-refractivity contribution < 1.29 is 27.1 Å². The molecule has 0 bridgehead atoms. The molecule has 1 fully saturated rings. The second-order valence-electron chi connectivity index (χ2n) is 6.67. The van der Waals surface area contributed by atoms with Crippen molar-refractivity contribution in [1.82, 2.24) is 10.2 Å². The van der Waals surface area contributed by atoms with Crippen LogP contribution in [0.1, 0.15) is 37.9 Å². The molecule has 0 aliphatic carbocycles. The van der Waals surface area contributed by atoms with Gasteiger partial charge in [-0.25, -0.2) is 9.18 Å². The van der Waals surface area contributed by atoms with Crippen molar-refractivity contribution in [3.05, 3.63) is 35.1 Å². The normalized spacial score (nSPS) is 19.3. The van der Waals surface area contributed by atoms with Crippen molar-refractivity contribution in [2.45, 2.75) is 38.6 Å². The Balaban J connectivity index is 2.19. The Hall–Kier alpha value is -1.83. The number of hydrogen-bond donors (Lipinski definition) is 1. The van der Waals surface area contributed by atoms with Crippen molar-refractivity contribution in [3.63, 3.8) is 0 Å². The number of nitrogens with zero attached hydrogens (tertiary/aromatic N) is 1. The number of carbonyl (C=O) groups excluding carboxylic acids is 1. The van der Waals surface area contributed by atoms with Crippen LogP contribution in [0.5, 0.6) is 0 Å². The fourth-order valence-corrected chi connectivity index (χ4v) is 2.44. The molecule has 1 saturated heterocycles. The maximum Gasteiger partial charge on any atom is 0.416 e. The third-order valence-electron chi connectivity index (χ3n) is 3.53.